The zero-order chi connectivity index (χ0) is 12.7. The topological polar surface area (TPSA) is 21.6 Å². The van der Waals surface area contributed by atoms with Crippen LogP contribution in [0.1, 0.15) is 72.6 Å². The maximum Gasteiger partial charge on any atom is 0.116 e. The Balaban J connectivity index is 2.59. The Morgan fingerprint density at radius 2 is 1.82 bits per heavy atom. The second-order valence-electron chi connectivity index (χ2n) is 6.49. The average Bonchev–Trinajstić information content (AvgIpc) is 2.28. The van der Waals surface area contributed by atoms with Crippen LogP contribution in [0.4, 0.5) is 0 Å². The first-order chi connectivity index (χ1) is 8.03. The smallest absolute Gasteiger partial charge is 0.116 e. The van der Waals surface area contributed by atoms with Crippen molar-refractivity contribution in [3.8, 4) is 0 Å². The number of nitrogens with zero attached hydrogens (tertiary/aromatic N) is 1. The van der Waals surface area contributed by atoms with Gasteiger partial charge in [0.1, 0.15) is 6.61 Å². The lowest BCUT2D eigenvalue weighted by molar-refractivity contribution is 0.140. The predicted octanol–water partition coefficient (Wildman–Crippen LogP) is 4.79. The average molecular weight is 239 g/mol. The summed E-state index contributed by atoms with van der Waals surface area (Å²) < 4.78 is 0. The van der Waals surface area contributed by atoms with Gasteiger partial charge in [-0.25, -0.2) is 0 Å². The third-order valence-corrected chi connectivity index (χ3v) is 3.27. The maximum absolute atomic E-state index is 5.43. The zero-order valence-corrected chi connectivity index (χ0v) is 12.1. The fraction of sp³-hybridized carbons (Fsp3) is 0.933. The summed E-state index contributed by atoms with van der Waals surface area (Å²) in [6.07, 6.45) is 8.85. The van der Waals surface area contributed by atoms with Crippen LogP contribution in [0, 0.1) is 11.3 Å². The van der Waals surface area contributed by atoms with E-state index < -0.39 is 0 Å². The van der Waals surface area contributed by atoms with E-state index in [0.29, 0.717) is 11.3 Å². The Kier molecular flexibility index (Phi) is 6.01. The molecule has 2 nitrogen and oxygen atoms in total. The molecule has 1 rings (SSSR count). The summed E-state index contributed by atoms with van der Waals surface area (Å²) in [5.41, 5.74) is 1.62. The van der Waals surface area contributed by atoms with Crippen molar-refractivity contribution in [2.45, 2.75) is 72.6 Å². The van der Waals surface area contributed by atoms with Crippen LogP contribution in [0.5, 0.6) is 0 Å². The SMILES string of the molecule is CCCON=C(CC(C)(C)C)C1CCCCC1. The maximum atomic E-state index is 5.43. The molecule has 1 aliphatic rings. The van der Waals surface area contributed by atoms with Crippen molar-refractivity contribution in [1.29, 1.82) is 0 Å². The van der Waals surface area contributed by atoms with Gasteiger partial charge >= 0.3 is 0 Å². The van der Waals surface area contributed by atoms with Crippen LogP contribution in [-0.4, -0.2) is 12.3 Å². The molecule has 0 unspecified atom stereocenters. The molecule has 0 N–H and O–H groups in total. The first kappa shape index (κ1) is 14.5. The van der Waals surface area contributed by atoms with E-state index in [1.165, 1.54) is 37.8 Å². The Morgan fingerprint density at radius 1 is 1.18 bits per heavy atom. The van der Waals surface area contributed by atoms with Crippen molar-refractivity contribution in [1.82, 2.24) is 0 Å². The molecule has 1 saturated carbocycles. The van der Waals surface area contributed by atoms with E-state index in [4.69, 9.17) is 4.84 Å². The fourth-order valence-electron chi connectivity index (χ4n) is 2.45. The molecule has 100 valence electrons. The van der Waals surface area contributed by atoms with Crippen LogP contribution < -0.4 is 0 Å². The zero-order valence-electron chi connectivity index (χ0n) is 12.1. The van der Waals surface area contributed by atoms with E-state index in [0.717, 1.165) is 19.4 Å². The van der Waals surface area contributed by atoms with Crippen molar-refractivity contribution >= 4 is 5.71 Å². The Hall–Kier alpha value is -0.530. The van der Waals surface area contributed by atoms with E-state index in [-0.39, 0.29) is 0 Å². The third-order valence-electron chi connectivity index (χ3n) is 3.27. The normalized spacial score (nSPS) is 19.4. The fourth-order valence-corrected chi connectivity index (χ4v) is 2.45. The van der Waals surface area contributed by atoms with Gasteiger partial charge in [0.25, 0.3) is 0 Å². The molecule has 0 aromatic rings. The van der Waals surface area contributed by atoms with Gasteiger partial charge < -0.3 is 4.84 Å². The molecule has 0 spiro atoms. The molecule has 0 aromatic carbocycles. The van der Waals surface area contributed by atoms with E-state index in [1.54, 1.807) is 0 Å². The van der Waals surface area contributed by atoms with Crippen LogP contribution in [0.15, 0.2) is 5.16 Å². The minimum atomic E-state index is 0.311. The van der Waals surface area contributed by atoms with Gasteiger partial charge in [0.2, 0.25) is 0 Å². The lowest BCUT2D eigenvalue weighted by Gasteiger charge is -2.27. The Labute approximate surface area is 107 Å². The van der Waals surface area contributed by atoms with Crippen molar-refractivity contribution in [3.05, 3.63) is 0 Å². The van der Waals surface area contributed by atoms with Gasteiger partial charge in [0.15, 0.2) is 0 Å². The number of rotatable bonds is 5. The van der Waals surface area contributed by atoms with Gasteiger partial charge in [0, 0.05) is 5.92 Å². The summed E-state index contributed by atoms with van der Waals surface area (Å²) in [6, 6.07) is 0. The van der Waals surface area contributed by atoms with Crippen molar-refractivity contribution < 1.29 is 4.84 Å². The number of oxime groups is 1. The van der Waals surface area contributed by atoms with E-state index in [1.807, 2.05) is 0 Å². The van der Waals surface area contributed by atoms with Crippen molar-refractivity contribution in [2.75, 3.05) is 6.61 Å². The number of hydrogen-bond acceptors (Lipinski definition) is 2. The highest BCUT2D eigenvalue weighted by molar-refractivity contribution is 5.86. The van der Waals surface area contributed by atoms with Gasteiger partial charge in [-0.2, -0.15) is 0 Å². The molecule has 0 bridgehead atoms. The minimum absolute atomic E-state index is 0.311. The summed E-state index contributed by atoms with van der Waals surface area (Å²) >= 11 is 0. The summed E-state index contributed by atoms with van der Waals surface area (Å²) in [4.78, 5) is 5.43. The predicted molar refractivity (Wildman–Crippen MR) is 74.3 cm³/mol. The molecule has 0 aliphatic heterocycles. The lowest BCUT2D eigenvalue weighted by atomic mass is 9.79. The molecule has 0 radical (unpaired) electrons. The van der Waals surface area contributed by atoms with Crippen molar-refractivity contribution in [3.63, 3.8) is 0 Å². The molecule has 1 aliphatic carbocycles. The Morgan fingerprint density at radius 3 is 2.35 bits per heavy atom. The Bertz CT molecular complexity index is 234. The van der Waals surface area contributed by atoms with Crippen LogP contribution in [0.2, 0.25) is 0 Å². The van der Waals surface area contributed by atoms with Gasteiger partial charge in [-0.3, -0.25) is 0 Å². The van der Waals surface area contributed by atoms with Gasteiger partial charge in [-0.15, -0.1) is 0 Å². The highest BCUT2D eigenvalue weighted by Crippen LogP contribution is 2.30. The lowest BCUT2D eigenvalue weighted by Crippen LogP contribution is -2.23. The summed E-state index contributed by atoms with van der Waals surface area (Å²) in [5.74, 6) is 0.680. The van der Waals surface area contributed by atoms with E-state index in [2.05, 4.69) is 32.9 Å². The van der Waals surface area contributed by atoms with Crippen molar-refractivity contribution in [2.24, 2.45) is 16.5 Å². The summed E-state index contributed by atoms with van der Waals surface area (Å²) in [6.45, 7) is 9.72. The van der Waals surface area contributed by atoms with Crippen LogP contribution in [-0.2, 0) is 4.84 Å². The number of hydrogen-bond donors (Lipinski definition) is 0. The third kappa shape index (κ3) is 6.09. The molecule has 17 heavy (non-hydrogen) atoms. The monoisotopic (exact) mass is 239 g/mol. The summed E-state index contributed by atoms with van der Waals surface area (Å²) in [5, 5.41) is 4.44. The second-order valence-corrected chi connectivity index (χ2v) is 6.49. The molecule has 2 heteroatoms. The van der Waals surface area contributed by atoms with E-state index in [9.17, 15) is 0 Å². The largest absolute Gasteiger partial charge is 0.396 e. The van der Waals surface area contributed by atoms with Gasteiger partial charge in [-0.05, 0) is 31.1 Å². The highest BCUT2D eigenvalue weighted by Gasteiger charge is 2.24. The molecule has 0 amide bonds. The molecular weight excluding hydrogens is 210 g/mol. The molecule has 1 fully saturated rings. The second kappa shape index (κ2) is 7.03. The first-order valence-electron chi connectivity index (χ1n) is 7.21. The van der Waals surface area contributed by atoms with Gasteiger partial charge in [-0.1, -0.05) is 52.1 Å². The summed E-state index contributed by atoms with van der Waals surface area (Å²) in [7, 11) is 0. The first-order valence-corrected chi connectivity index (χ1v) is 7.21. The molecule has 0 saturated heterocycles. The molecule has 0 heterocycles. The molecule has 0 atom stereocenters. The van der Waals surface area contributed by atoms with Gasteiger partial charge in [0.05, 0.1) is 5.71 Å². The van der Waals surface area contributed by atoms with Crippen LogP contribution in [0.25, 0.3) is 0 Å². The molecular formula is C15H29NO. The minimum Gasteiger partial charge on any atom is -0.396 e. The highest BCUT2D eigenvalue weighted by atomic mass is 16.6. The standard InChI is InChI=1S/C15H29NO/c1-5-11-17-16-14(12-15(2,3)4)13-9-7-6-8-10-13/h13H,5-12H2,1-4H3. The quantitative estimate of drug-likeness (QED) is 0.384. The molecule has 0 aromatic heterocycles. The van der Waals surface area contributed by atoms with E-state index >= 15 is 0 Å². The van der Waals surface area contributed by atoms with Crippen LogP contribution in [0.3, 0.4) is 0 Å². The van der Waals surface area contributed by atoms with Crippen LogP contribution >= 0.6 is 0 Å².